The van der Waals surface area contributed by atoms with Crippen molar-refractivity contribution < 1.29 is 0 Å². The molecule has 62 valence electrons. The van der Waals surface area contributed by atoms with E-state index < -0.39 is 0 Å². The molecule has 0 aliphatic carbocycles. The average Bonchev–Trinajstić information content (AvgIpc) is 2.01. The van der Waals surface area contributed by atoms with Crippen molar-refractivity contribution in [2.24, 2.45) is 10.9 Å². The molecule has 0 bridgehead atoms. The van der Waals surface area contributed by atoms with Crippen LogP contribution in [0.1, 0.15) is 27.2 Å². The van der Waals surface area contributed by atoms with Crippen molar-refractivity contribution in [3.63, 3.8) is 0 Å². The van der Waals surface area contributed by atoms with Gasteiger partial charge in [0.15, 0.2) is 0 Å². The van der Waals surface area contributed by atoms with Crippen LogP contribution in [0.4, 0.5) is 0 Å². The molecule has 0 saturated heterocycles. The van der Waals surface area contributed by atoms with Crippen LogP contribution >= 0.6 is 0 Å². The molecule has 1 atom stereocenters. The predicted octanol–water partition coefficient (Wildman–Crippen LogP) is 2.05. The molecule has 0 saturated carbocycles. The molecule has 0 unspecified atom stereocenters. The summed E-state index contributed by atoms with van der Waals surface area (Å²) in [5.41, 5.74) is 0. The summed E-state index contributed by atoms with van der Waals surface area (Å²) in [6.07, 6.45) is 4.18. The maximum atomic E-state index is 4.19. The van der Waals surface area contributed by atoms with Crippen molar-refractivity contribution in [1.82, 2.24) is 0 Å². The van der Waals surface area contributed by atoms with Gasteiger partial charge in [0.1, 0.15) is 0 Å². The maximum absolute atomic E-state index is 4.19. The normalized spacial score (nSPS) is 14.1. The molecular formula is C9H18BN. The van der Waals surface area contributed by atoms with Gasteiger partial charge in [-0.2, -0.15) is 0 Å². The summed E-state index contributed by atoms with van der Waals surface area (Å²) in [5.74, 6) is 2.90. The number of nitrogens with zero attached hydrogens (tertiary/aromatic N) is 1. The van der Waals surface area contributed by atoms with E-state index in [0.717, 1.165) is 19.3 Å². The zero-order chi connectivity index (χ0) is 8.53. The second-order valence-corrected chi connectivity index (χ2v) is 2.84. The monoisotopic (exact) mass is 151 g/mol. The minimum atomic E-state index is 0.689. The zero-order valence-corrected chi connectivity index (χ0v) is 7.88. The first kappa shape index (κ1) is 10.6. The number of hydrogen-bond acceptors (Lipinski definition) is 1. The van der Waals surface area contributed by atoms with E-state index in [2.05, 4.69) is 31.7 Å². The van der Waals surface area contributed by atoms with Crippen LogP contribution in [0.15, 0.2) is 4.99 Å². The molecule has 11 heavy (non-hydrogen) atoms. The summed E-state index contributed by atoms with van der Waals surface area (Å²) in [7, 11) is 0. The quantitative estimate of drug-likeness (QED) is 0.421. The second-order valence-electron chi connectivity index (χ2n) is 2.84. The van der Waals surface area contributed by atoms with Gasteiger partial charge in [0, 0.05) is 0 Å². The van der Waals surface area contributed by atoms with Gasteiger partial charge in [-0.1, -0.05) is 0 Å². The Morgan fingerprint density at radius 2 is 2.27 bits per heavy atom. The molecule has 0 aromatic carbocycles. The summed E-state index contributed by atoms with van der Waals surface area (Å²) in [4.78, 5) is 4.19. The third-order valence-corrected chi connectivity index (χ3v) is 1.54. The summed E-state index contributed by atoms with van der Waals surface area (Å²) in [6.45, 7) is 9.56. The van der Waals surface area contributed by atoms with E-state index in [1.807, 2.05) is 13.1 Å². The summed E-state index contributed by atoms with van der Waals surface area (Å²) < 4.78 is 0. The van der Waals surface area contributed by atoms with Gasteiger partial charge in [0.25, 0.3) is 0 Å². The van der Waals surface area contributed by atoms with Gasteiger partial charge in [-0.15, -0.1) is 0 Å². The van der Waals surface area contributed by atoms with Crippen molar-refractivity contribution in [2.75, 3.05) is 6.54 Å². The number of aliphatic imine (C=N–C) groups is 1. The van der Waals surface area contributed by atoms with Crippen LogP contribution in [-0.2, 0) is 0 Å². The first-order valence-corrected chi connectivity index (χ1v) is 4.40. The molecule has 0 rings (SSSR count). The molecule has 0 fully saturated rings. The molecule has 0 aliphatic rings. The SMILES string of the molecule is C/C=N/C[C@H](C)C/B=C/CC. The van der Waals surface area contributed by atoms with Crippen molar-refractivity contribution >= 4 is 19.1 Å². The van der Waals surface area contributed by atoms with E-state index in [9.17, 15) is 0 Å². The topological polar surface area (TPSA) is 12.4 Å². The van der Waals surface area contributed by atoms with Gasteiger partial charge in [0.2, 0.25) is 0 Å². The Labute approximate surface area is 70.8 Å². The molecule has 0 aromatic heterocycles. The van der Waals surface area contributed by atoms with Crippen molar-refractivity contribution in [1.29, 1.82) is 0 Å². The standard InChI is InChI=1S/C9H18BN/c1-4-6-10-7-9(3)8-11-5-2/h5-6,9H,4,7-8H2,1-3H3/b11-5+/t9-/m1/s1. The number of rotatable bonds is 5. The van der Waals surface area contributed by atoms with Gasteiger partial charge in [0.05, 0.1) is 0 Å². The first-order chi connectivity index (χ1) is 5.31. The van der Waals surface area contributed by atoms with Gasteiger partial charge in [-0.05, 0) is 0 Å². The van der Waals surface area contributed by atoms with E-state index in [4.69, 9.17) is 0 Å². The van der Waals surface area contributed by atoms with Crippen LogP contribution in [0.25, 0.3) is 0 Å². The Morgan fingerprint density at radius 1 is 1.55 bits per heavy atom. The predicted molar refractivity (Wildman–Crippen MR) is 55.1 cm³/mol. The molecule has 0 aliphatic heterocycles. The minimum absolute atomic E-state index is 0.689. The fraction of sp³-hybridized carbons (Fsp3) is 0.778. The number of hydrogen-bond donors (Lipinski definition) is 0. The summed E-state index contributed by atoms with van der Waals surface area (Å²) in [6, 6.07) is 0. The van der Waals surface area contributed by atoms with Gasteiger partial charge in [-0.3, -0.25) is 0 Å². The molecule has 0 amide bonds. The van der Waals surface area contributed by atoms with Crippen LogP contribution in [0.3, 0.4) is 0 Å². The van der Waals surface area contributed by atoms with E-state index in [0.29, 0.717) is 5.92 Å². The molecule has 0 spiro atoms. The average molecular weight is 151 g/mol. The molecule has 0 N–H and O–H groups in total. The van der Waals surface area contributed by atoms with Crippen LogP contribution < -0.4 is 0 Å². The molecule has 0 heterocycles. The Kier molecular flexibility index (Phi) is 7.43. The molecule has 0 radical (unpaired) electrons. The van der Waals surface area contributed by atoms with Gasteiger partial charge < -0.3 is 0 Å². The second kappa shape index (κ2) is 7.71. The molecule has 1 nitrogen and oxygen atoms in total. The first-order valence-electron chi connectivity index (χ1n) is 4.40. The Hall–Kier alpha value is -0.395. The Balaban J connectivity index is 3.36. The van der Waals surface area contributed by atoms with E-state index in [1.54, 1.807) is 0 Å². The summed E-state index contributed by atoms with van der Waals surface area (Å²) >= 11 is 0. The Bertz CT molecular complexity index is 130. The van der Waals surface area contributed by atoms with Crippen LogP contribution in [-0.4, -0.2) is 25.6 Å². The van der Waals surface area contributed by atoms with E-state index >= 15 is 0 Å². The van der Waals surface area contributed by atoms with Crippen molar-refractivity contribution in [3.8, 4) is 0 Å². The van der Waals surface area contributed by atoms with E-state index in [1.165, 1.54) is 0 Å². The molecule has 0 aromatic rings. The Morgan fingerprint density at radius 3 is 2.82 bits per heavy atom. The fourth-order valence-corrected chi connectivity index (χ4v) is 0.855. The zero-order valence-electron chi connectivity index (χ0n) is 7.88. The van der Waals surface area contributed by atoms with Crippen molar-refractivity contribution in [3.05, 3.63) is 0 Å². The fourth-order valence-electron chi connectivity index (χ4n) is 0.855. The third kappa shape index (κ3) is 7.50. The third-order valence-electron chi connectivity index (χ3n) is 1.54. The molecular weight excluding hydrogens is 133 g/mol. The van der Waals surface area contributed by atoms with Crippen LogP contribution in [0.5, 0.6) is 0 Å². The van der Waals surface area contributed by atoms with Crippen molar-refractivity contribution in [2.45, 2.75) is 33.5 Å². The summed E-state index contributed by atoms with van der Waals surface area (Å²) in [5, 5.41) is 0. The van der Waals surface area contributed by atoms with Crippen LogP contribution in [0.2, 0.25) is 6.32 Å². The van der Waals surface area contributed by atoms with Gasteiger partial charge in [-0.25, -0.2) is 0 Å². The van der Waals surface area contributed by atoms with Crippen LogP contribution in [0, 0.1) is 5.92 Å². The van der Waals surface area contributed by atoms with E-state index in [-0.39, 0.29) is 0 Å². The molecule has 2 heteroatoms. The van der Waals surface area contributed by atoms with Gasteiger partial charge >= 0.3 is 70.1 Å².